The molecule has 1 saturated heterocycles. The summed E-state index contributed by atoms with van der Waals surface area (Å²) >= 11 is 0. The van der Waals surface area contributed by atoms with Crippen LogP contribution in [0, 0.1) is 5.92 Å². The number of sulfonamides is 2. The van der Waals surface area contributed by atoms with E-state index in [-0.39, 0.29) is 18.2 Å². The van der Waals surface area contributed by atoms with Gasteiger partial charge >= 0.3 is 0 Å². The second-order valence-electron chi connectivity index (χ2n) is 7.33. The van der Waals surface area contributed by atoms with Gasteiger partial charge in [0.15, 0.2) is 0 Å². The zero-order chi connectivity index (χ0) is 20.2. The fraction of sp³-hybridized carbons (Fsp3) is 0.667. The van der Waals surface area contributed by atoms with Gasteiger partial charge in [-0.15, -0.1) is 0 Å². The Balaban J connectivity index is 2.08. The summed E-state index contributed by atoms with van der Waals surface area (Å²) in [5.41, 5.74) is 1.22. The molecule has 0 amide bonds. The Labute approximate surface area is 163 Å². The third kappa shape index (κ3) is 6.44. The van der Waals surface area contributed by atoms with Crippen molar-refractivity contribution in [1.82, 2.24) is 9.03 Å². The first-order valence-electron chi connectivity index (χ1n) is 9.19. The van der Waals surface area contributed by atoms with E-state index in [0.717, 1.165) is 12.0 Å². The van der Waals surface area contributed by atoms with Crippen molar-refractivity contribution in [1.29, 1.82) is 0 Å². The maximum Gasteiger partial charge on any atom is 0.211 e. The highest BCUT2D eigenvalue weighted by Crippen LogP contribution is 2.23. The Morgan fingerprint density at radius 1 is 1.19 bits per heavy atom. The predicted octanol–water partition coefficient (Wildman–Crippen LogP) is 1.78. The molecule has 0 spiro atoms. The monoisotopic (exact) mass is 418 g/mol. The maximum atomic E-state index is 12.0. The second-order valence-corrected chi connectivity index (χ2v) is 11.4. The summed E-state index contributed by atoms with van der Waals surface area (Å²) in [6, 6.07) is 7.35. The summed E-state index contributed by atoms with van der Waals surface area (Å²) < 4.78 is 57.6. The zero-order valence-corrected chi connectivity index (χ0v) is 18.0. The van der Waals surface area contributed by atoms with Crippen LogP contribution in [0.1, 0.15) is 38.7 Å². The van der Waals surface area contributed by atoms with Gasteiger partial charge < -0.3 is 4.74 Å². The van der Waals surface area contributed by atoms with Crippen molar-refractivity contribution in [2.24, 2.45) is 5.92 Å². The molecule has 0 saturated carbocycles. The molecule has 1 aromatic rings. The molecule has 1 aliphatic heterocycles. The summed E-state index contributed by atoms with van der Waals surface area (Å²) in [5.74, 6) is 1.01. The molecule has 0 radical (unpaired) electrons. The van der Waals surface area contributed by atoms with E-state index >= 15 is 0 Å². The quantitative estimate of drug-likeness (QED) is 0.695. The highest BCUT2D eigenvalue weighted by molar-refractivity contribution is 7.89. The Kier molecular flexibility index (Phi) is 7.29. The van der Waals surface area contributed by atoms with E-state index in [1.54, 1.807) is 6.92 Å². The normalized spacial score (nSPS) is 22.1. The molecular weight excluding hydrogens is 388 g/mol. The van der Waals surface area contributed by atoms with E-state index in [4.69, 9.17) is 4.74 Å². The fourth-order valence-electron chi connectivity index (χ4n) is 3.07. The van der Waals surface area contributed by atoms with Crippen molar-refractivity contribution >= 4 is 20.0 Å². The van der Waals surface area contributed by atoms with E-state index in [9.17, 15) is 16.8 Å². The van der Waals surface area contributed by atoms with Crippen LogP contribution < -0.4 is 9.46 Å². The second kappa shape index (κ2) is 8.89. The van der Waals surface area contributed by atoms with Crippen LogP contribution >= 0.6 is 0 Å². The van der Waals surface area contributed by atoms with Gasteiger partial charge in [-0.3, -0.25) is 0 Å². The molecular formula is C18H30N2O5S2. The van der Waals surface area contributed by atoms with Crippen LogP contribution in [0.5, 0.6) is 5.75 Å². The minimum Gasteiger partial charge on any atom is -0.493 e. The molecule has 7 nitrogen and oxygen atoms in total. The van der Waals surface area contributed by atoms with Gasteiger partial charge in [-0.05, 0) is 37.0 Å². The van der Waals surface area contributed by atoms with Gasteiger partial charge in [0.1, 0.15) is 5.75 Å². The van der Waals surface area contributed by atoms with Gasteiger partial charge in [0, 0.05) is 25.0 Å². The minimum absolute atomic E-state index is 0.0490. The summed E-state index contributed by atoms with van der Waals surface area (Å²) in [7, 11) is -6.81. The van der Waals surface area contributed by atoms with Crippen LogP contribution in [0.2, 0.25) is 0 Å². The summed E-state index contributed by atoms with van der Waals surface area (Å²) in [4.78, 5) is 0. The number of nitrogens with zero attached hydrogens (tertiary/aromatic N) is 1. The van der Waals surface area contributed by atoms with E-state index < -0.39 is 26.1 Å². The smallest absolute Gasteiger partial charge is 0.211 e. The minimum atomic E-state index is -3.45. The third-order valence-corrected chi connectivity index (χ3v) is 7.60. The molecule has 27 heavy (non-hydrogen) atoms. The number of nitrogens with one attached hydrogen (secondary N) is 1. The van der Waals surface area contributed by atoms with Crippen LogP contribution in [0.25, 0.3) is 0 Å². The molecule has 1 heterocycles. The van der Waals surface area contributed by atoms with E-state index in [0.29, 0.717) is 25.5 Å². The molecule has 9 heteroatoms. The third-order valence-electron chi connectivity index (χ3n) is 4.91. The Morgan fingerprint density at radius 2 is 1.81 bits per heavy atom. The lowest BCUT2D eigenvalue weighted by molar-refractivity contribution is 0.156. The number of rotatable bonds is 8. The van der Waals surface area contributed by atoms with Crippen molar-refractivity contribution in [2.45, 2.75) is 39.2 Å². The summed E-state index contributed by atoms with van der Waals surface area (Å²) in [6.07, 6.45) is 1.68. The van der Waals surface area contributed by atoms with Crippen LogP contribution in [-0.2, 0) is 20.0 Å². The highest BCUT2D eigenvalue weighted by atomic mass is 32.2. The van der Waals surface area contributed by atoms with Crippen molar-refractivity contribution < 1.29 is 21.6 Å². The molecule has 1 fully saturated rings. The van der Waals surface area contributed by atoms with Crippen molar-refractivity contribution in [2.75, 3.05) is 31.7 Å². The highest BCUT2D eigenvalue weighted by Gasteiger charge is 2.35. The summed E-state index contributed by atoms with van der Waals surface area (Å²) in [6.45, 7) is 6.62. The van der Waals surface area contributed by atoms with Gasteiger partial charge in [-0.2, -0.15) is 0 Å². The zero-order valence-electron chi connectivity index (χ0n) is 16.4. The van der Waals surface area contributed by atoms with E-state index in [1.807, 2.05) is 24.3 Å². The predicted molar refractivity (Wildman–Crippen MR) is 107 cm³/mol. The fourth-order valence-corrected chi connectivity index (χ4v) is 4.83. The lowest BCUT2D eigenvalue weighted by atomic mass is 9.94. The van der Waals surface area contributed by atoms with Gasteiger partial charge in [-0.1, -0.05) is 26.0 Å². The first-order valence-corrected chi connectivity index (χ1v) is 12.7. The van der Waals surface area contributed by atoms with E-state index in [2.05, 4.69) is 18.6 Å². The molecule has 2 atom stereocenters. The average molecular weight is 419 g/mol. The molecule has 2 unspecified atom stereocenters. The van der Waals surface area contributed by atoms with Gasteiger partial charge in [-0.25, -0.2) is 25.9 Å². The first kappa shape index (κ1) is 22.1. The Morgan fingerprint density at radius 3 is 2.33 bits per heavy atom. The molecule has 1 N–H and O–H groups in total. The summed E-state index contributed by atoms with van der Waals surface area (Å²) in [5, 5.41) is 0. The lowest BCUT2D eigenvalue weighted by Gasteiger charge is -2.37. The number of piperidine rings is 1. The molecule has 1 aromatic carbocycles. The standard InChI is InChI=1S/C18H30N2O5S2/c1-5-27(23,24)19-18-12-20(26(4,21)22)11-10-16(18)13-25-17-8-6-15(7-9-17)14(2)3/h6-9,14,16,18-19H,5,10-13H2,1-4H3. The molecule has 0 aliphatic carbocycles. The SMILES string of the molecule is CCS(=O)(=O)NC1CN(S(C)(=O)=O)CCC1COc1ccc(C(C)C)cc1. The molecule has 1 aliphatic rings. The van der Waals surface area contributed by atoms with Gasteiger partial charge in [0.25, 0.3) is 0 Å². The van der Waals surface area contributed by atoms with Crippen LogP contribution in [0.15, 0.2) is 24.3 Å². The largest absolute Gasteiger partial charge is 0.493 e. The topological polar surface area (TPSA) is 92.8 Å². The number of hydrogen-bond donors (Lipinski definition) is 1. The Hall–Kier alpha value is -1.16. The Bertz CT molecular complexity index is 820. The molecule has 0 aromatic heterocycles. The molecule has 0 bridgehead atoms. The molecule has 154 valence electrons. The lowest BCUT2D eigenvalue weighted by Crippen LogP contribution is -2.55. The van der Waals surface area contributed by atoms with Crippen molar-refractivity contribution in [3.63, 3.8) is 0 Å². The number of ether oxygens (including phenoxy) is 1. The number of benzene rings is 1. The van der Waals surface area contributed by atoms with Gasteiger partial charge in [0.2, 0.25) is 20.0 Å². The van der Waals surface area contributed by atoms with Crippen LogP contribution in [-0.4, -0.2) is 58.9 Å². The maximum absolute atomic E-state index is 12.0. The molecule has 2 rings (SSSR count). The number of hydrogen-bond acceptors (Lipinski definition) is 5. The average Bonchev–Trinajstić information content (AvgIpc) is 2.60. The van der Waals surface area contributed by atoms with Crippen molar-refractivity contribution in [3.8, 4) is 5.75 Å². The van der Waals surface area contributed by atoms with Crippen molar-refractivity contribution in [3.05, 3.63) is 29.8 Å². The van der Waals surface area contributed by atoms with Crippen LogP contribution in [0.4, 0.5) is 0 Å². The first-order chi connectivity index (χ1) is 12.5. The van der Waals surface area contributed by atoms with E-state index in [1.165, 1.54) is 9.87 Å². The van der Waals surface area contributed by atoms with Crippen LogP contribution in [0.3, 0.4) is 0 Å². The van der Waals surface area contributed by atoms with Gasteiger partial charge in [0.05, 0.1) is 18.6 Å².